The number of ether oxygens (including phenoxy) is 1. The first-order valence-electron chi connectivity index (χ1n) is 6.53. The average Bonchev–Trinajstić information content (AvgIpc) is 2.47. The molecule has 0 amide bonds. The fraction of sp³-hybridized carbons (Fsp3) is 0.250. The minimum Gasteiger partial charge on any atom is -0.488 e. The van der Waals surface area contributed by atoms with E-state index in [4.69, 9.17) is 10.5 Å². The molecule has 2 N–H and O–H groups in total. The third-order valence-corrected chi connectivity index (χ3v) is 3.64. The SMILES string of the molecule is CCC(N)c1ccccc1OCc1cc(Br)ccc1F. The molecular formula is C16H17BrFNO. The molecule has 20 heavy (non-hydrogen) atoms. The molecule has 2 rings (SSSR count). The minimum absolute atomic E-state index is 0.0708. The Bertz CT molecular complexity index is 588. The lowest BCUT2D eigenvalue weighted by Gasteiger charge is -2.16. The number of nitrogens with two attached hydrogens (primary N) is 1. The van der Waals surface area contributed by atoms with Gasteiger partial charge in [-0.05, 0) is 30.7 Å². The molecule has 0 fully saturated rings. The molecule has 0 saturated heterocycles. The highest BCUT2D eigenvalue weighted by Gasteiger charge is 2.11. The quantitative estimate of drug-likeness (QED) is 0.866. The normalized spacial score (nSPS) is 12.2. The Labute approximate surface area is 126 Å². The van der Waals surface area contributed by atoms with Crippen LogP contribution < -0.4 is 10.5 Å². The Hall–Kier alpha value is -1.39. The van der Waals surface area contributed by atoms with Gasteiger partial charge >= 0.3 is 0 Å². The molecule has 0 aliphatic rings. The lowest BCUT2D eigenvalue weighted by molar-refractivity contribution is 0.294. The van der Waals surface area contributed by atoms with Gasteiger partial charge in [0, 0.05) is 21.6 Å². The Morgan fingerprint density at radius 2 is 2.00 bits per heavy atom. The molecule has 106 valence electrons. The standard InChI is InChI=1S/C16H17BrFNO/c1-2-15(19)13-5-3-4-6-16(13)20-10-11-9-12(17)7-8-14(11)18/h3-9,15H,2,10,19H2,1H3. The second-order valence-electron chi connectivity index (χ2n) is 4.58. The van der Waals surface area contributed by atoms with Crippen LogP contribution in [0.5, 0.6) is 5.75 Å². The van der Waals surface area contributed by atoms with Gasteiger partial charge < -0.3 is 10.5 Å². The second-order valence-corrected chi connectivity index (χ2v) is 5.49. The molecule has 4 heteroatoms. The largest absolute Gasteiger partial charge is 0.488 e. The molecular weight excluding hydrogens is 321 g/mol. The lowest BCUT2D eigenvalue weighted by atomic mass is 10.0. The summed E-state index contributed by atoms with van der Waals surface area (Å²) < 4.78 is 20.2. The van der Waals surface area contributed by atoms with E-state index in [-0.39, 0.29) is 18.5 Å². The van der Waals surface area contributed by atoms with Crippen molar-refractivity contribution in [1.82, 2.24) is 0 Å². The van der Waals surface area contributed by atoms with Crippen LogP contribution >= 0.6 is 15.9 Å². The van der Waals surface area contributed by atoms with Crippen LogP contribution in [0.2, 0.25) is 0 Å². The summed E-state index contributed by atoms with van der Waals surface area (Å²) >= 11 is 3.33. The number of para-hydroxylation sites is 1. The second kappa shape index (κ2) is 6.86. The van der Waals surface area contributed by atoms with E-state index in [2.05, 4.69) is 15.9 Å². The van der Waals surface area contributed by atoms with Crippen LogP contribution in [0.15, 0.2) is 46.9 Å². The predicted molar refractivity (Wildman–Crippen MR) is 82.1 cm³/mol. The fourth-order valence-electron chi connectivity index (χ4n) is 1.95. The summed E-state index contributed by atoms with van der Waals surface area (Å²) in [6, 6.07) is 12.4. The highest BCUT2D eigenvalue weighted by Crippen LogP contribution is 2.26. The maximum atomic E-state index is 13.7. The van der Waals surface area contributed by atoms with E-state index in [9.17, 15) is 4.39 Å². The van der Waals surface area contributed by atoms with Crippen molar-refractivity contribution in [3.05, 3.63) is 63.9 Å². The third-order valence-electron chi connectivity index (χ3n) is 3.15. The van der Waals surface area contributed by atoms with Crippen molar-refractivity contribution in [2.45, 2.75) is 26.0 Å². The summed E-state index contributed by atoms with van der Waals surface area (Å²) in [6.45, 7) is 2.20. The number of rotatable bonds is 5. The van der Waals surface area contributed by atoms with E-state index in [1.165, 1.54) is 6.07 Å². The van der Waals surface area contributed by atoms with Gasteiger partial charge in [0.25, 0.3) is 0 Å². The van der Waals surface area contributed by atoms with Crippen LogP contribution in [0.25, 0.3) is 0 Å². The molecule has 1 atom stereocenters. The fourth-order valence-corrected chi connectivity index (χ4v) is 2.36. The van der Waals surface area contributed by atoms with Crippen molar-refractivity contribution in [2.24, 2.45) is 5.73 Å². The minimum atomic E-state index is -0.273. The van der Waals surface area contributed by atoms with Crippen LogP contribution in [-0.2, 0) is 6.61 Å². The van der Waals surface area contributed by atoms with Gasteiger partial charge in [0.15, 0.2) is 0 Å². The number of hydrogen-bond donors (Lipinski definition) is 1. The topological polar surface area (TPSA) is 35.2 Å². The summed E-state index contributed by atoms with van der Waals surface area (Å²) in [4.78, 5) is 0. The number of halogens is 2. The van der Waals surface area contributed by atoms with Gasteiger partial charge in [0.05, 0.1) is 0 Å². The predicted octanol–water partition coefficient (Wildman–Crippen LogP) is 4.58. The third kappa shape index (κ3) is 3.58. The van der Waals surface area contributed by atoms with E-state index >= 15 is 0 Å². The zero-order valence-electron chi connectivity index (χ0n) is 11.3. The van der Waals surface area contributed by atoms with Crippen molar-refractivity contribution >= 4 is 15.9 Å². The Morgan fingerprint density at radius 1 is 1.25 bits per heavy atom. The smallest absolute Gasteiger partial charge is 0.129 e. The van der Waals surface area contributed by atoms with E-state index in [1.807, 2.05) is 31.2 Å². The molecule has 0 bridgehead atoms. The first kappa shape index (κ1) is 15.0. The molecule has 0 saturated carbocycles. The van der Waals surface area contributed by atoms with Crippen molar-refractivity contribution in [3.8, 4) is 5.75 Å². The molecule has 0 aliphatic carbocycles. The van der Waals surface area contributed by atoms with Crippen LogP contribution in [0.4, 0.5) is 4.39 Å². The first-order chi connectivity index (χ1) is 9.61. The van der Waals surface area contributed by atoms with E-state index in [1.54, 1.807) is 12.1 Å². The zero-order valence-corrected chi connectivity index (χ0v) is 12.9. The van der Waals surface area contributed by atoms with Gasteiger partial charge in [0.2, 0.25) is 0 Å². The van der Waals surface area contributed by atoms with Crippen molar-refractivity contribution in [3.63, 3.8) is 0 Å². The molecule has 1 unspecified atom stereocenters. The van der Waals surface area contributed by atoms with Crippen molar-refractivity contribution in [1.29, 1.82) is 0 Å². The highest BCUT2D eigenvalue weighted by molar-refractivity contribution is 9.10. The van der Waals surface area contributed by atoms with Crippen molar-refractivity contribution < 1.29 is 9.13 Å². The number of hydrogen-bond acceptors (Lipinski definition) is 2. The van der Waals surface area contributed by atoms with Gasteiger partial charge in [-0.15, -0.1) is 0 Å². The van der Waals surface area contributed by atoms with Crippen LogP contribution in [0.1, 0.15) is 30.5 Å². The lowest BCUT2D eigenvalue weighted by Crippen LogP contribution is -2.11. The van der Waals surface area contributed by atoms with E-state index < -0.39 is 0 Å². The summed E-state index contributed by atoms with van der Waals surface area (Å²) in [5.74, 6) is 0.437. The summed E-state index contributed by atoms with van der Waals surface area (Å²) in [7, 11) is 0. The summed E-state index contributed by atoms with van der Waals surface area (Å²) in [5, 5.41) is 0. The number of benzene rings is 2. The Morgan fingerprint density at radius 3 is 2.75 bits per heavy atom. The zero-order chi connectivity index (χ0) is 14.5. The molecule has 0 aromatic heterocycles. The van der Waals surface area contributed by atoms with E-state index in [0.717, 1.165) is 16.5 Å². The molecule has 0 spiro atoms. The van der Waals surface area contributed by atoms with Gasteiger partial charge in [-0.25, -0.2) is 4.39 Å². The molecule has 0 radical (unpaired) electrons. The van der Waals surface area contributed by atoms with Crippen LogP contribution in [-0.4, -0.2) is 0 Å². The maximum absolute atomic E-state index is 13.7. The van der Waals surface area contributed by atoms with Gasteiger partial charge in [0.1, 0.15) is 18.2 Å². The Kier molecular flexibility index (Phi) is 5.15. The van der Waals surface area contributed by atoms with E-state index in [0.29, 0.717) is 11.3 Å². The van der Waals surface area contributed by atoms with Gasteiger partial charge in [-0.2, -0.15) is 0 Å². The first-order valence-corrected chi connectivity index (χ1v) is 7.32. The molecule has 2 aromatic rings. The van der Waals surface area contributed by atoms with Crippen molar-refractivity contribution in [2.75, 3.05) is 0 Å². The molecule has 2 aromatic carbocycles. The summed E-state index contributed by atoms with van der Waals surface area (Å²) in [5.41, 5.74) is 7.52. The monoisotopic (exact) mass is 337 g/mol. The molecule has 0 aliphatic heterocycles. The Balaban J connectivity index is 2.17. The average molecular weight is 338 g/mol. The maximum Gasteiger partial charge on any atom is 0.129 e. The summed E-state index contributed by atoms with van der Waals surface area (Å²) in [6.07, 6.45) is 0.825. The molecule has 2 nitrogen and oxygen atoms in total. The van der Waals surface area contributed by atoms with Crippen LogP contribution in [0, 0.1) is 5.82 Å². The van der Waals surface area contributed by atoms with Gasteiger partial charge in [-0.3, -0.25) is 0 Å². The van der Waals surface area contributed by atoms with Gasteiger partial charge in [-0.1, -0.05) is 41.1 Å². The highest BCUT2D eigenvalue weighted by atomic mass is 79.9. The molecule has 0 heterocycles. The van der Waals surface area contributed by atoms with Crippen LogP contribution in [0.3, 0.4) is 0 Å².